The van der Waals surface area contributed by atoms with Gasteiger partial charge in [0.05, 0.1) is 10.2 Å². The topological polar surface area (TPSA) is 68.0 Å². The summed E-state index contributed by atoms with van der Waals surface area (Å²) in [6.07, 6.45) is 0. The Balaban J connectivity index is 1.91. The number of benzene rings is 1. The number of carbonyl (C=O) groups excluding carboxylic acids is 1. The summed E-state index contributed by atoms with van der Waals surface area (Å²) in [5, 5.41) is 7.54. The van der Waals surface area contributed by atoms with Gasteiger partial charge in [0.1, 0.15) is 5.76 Å². The van der Waals surface area contributed by atoms with E-state index in [0.717, 1.165) is 15.8 Å². The van der Waals surface area contributed by atoms with E-state index in [0.29, 0.717) is 15.9 Å². The summed E-state index contributed by atoms with van der Waals surface area (Å²) in [5.74, 6) is 0.242. The maximum Gasteiger partial charge on any atom is 0.279 e. The summed E-state index contributed by atoms with van der Waals surface area (Å²) < 4.78 is 5.80. The first-order chi connectivity index (χ1) is 9.52. The van der Waals surface area contributed by atoms with Crippen LogP contribution in [-0.4, -0.2) is 16.0 Å². The quantitative estimate of drug-likeness (QED) is 0.781. The molecule has 0 spiro atoms. The molecule has 2 aromatic heterocycles. The Kier molecular flexibility index (Phi) is 3.19. The average molecular weight is 308 g/mol. The molecule has 0 aliphatic carbocycles. The van der Waals surface area contributed by atoms with Crippen LogP contribution in [0.2, 0.25) is 5.02 Å². The second-order valence-electron chi connectivity index (χ2n) is 4.37. The van der Waals surface area contributed by atoms with Gasteiger partial charge in [0.25, 0.3) is 5.91 Å². The summed E-state index contributed by atoms with van der Waals surface area (Å²) in [6, 6.07) is 5.25. The van der Waals surface area contributed by atoms with Crippen molar-refractivity contribution in [2.45, 2.75) is 13.8 Å². The number of hydrogen-bond donors (Lipinski definition) is 1. The lowest BCUT2D eigenvalue weighted by Crippen LogP contribution is -2.11. The largest absolute Gasteiger partial charge is 0.361 e. The number of thiazole rings is 1. The number of fused-ring (bicyclic) bond motifs is 1. The molecule has 0 saturated heterocycles. The van der Waals surface area contributed by atoms with E-state index in [4.69, 9.17) is 16.1 Å². The Bertz CT molecular complexity index is 809. The van der Waals surface area contributed by atoms with E-state index in [2.05, 4.69) is 15.5 Å². The van der Waals surface area contributed by atoms with Crippen LogP contribution < -0.4 is 5.32 Å². The first-order valence-corrected chi connectivity index (χ1v) is 7.04. The third kappa shape index (κ3) is 2.39. The summed E-state index contributed by atoms with van der Waals surface area (Å²) in [5.41, 5.74) is 2.05. The number of aromatic nitrogens is 2. The minimum absolute atomic E-state index is 0.233. The van der Waals surface area contributed by atoms with Gasteiger partial charge in [-0.25, -0.2) is 4.98 Å². The van der Waals surface area contributed by atoms with Crippen molar-refractivity contribution < 1.29 is 9.32 Å². The highest BCUT2D eigenvalue weighted by Crippen LogP contribution is 2.31. The fraction of sp³-hybridized carbons (Fsp3) is 0.154. The van der Waals surface area contributed by atoms with Crippen LogP contribution in [0, 0.1) is 13.8 Å². The third-order valence-corrected chi connectivity index (χ3v) is 3.87. The molecule has 3 aromatic rings. The van der Waals surface area contributed by atoms with Crippen LogP contribution in [0.3, 0.4) is 0 Å². The van der Waals surface area contributed by atoms with E-state index in [1.165, 1.54) is 11.3 Å². The SMILES string of the molecule is Cc1cc(C(=O)Nc2nc3c(C)cc(Cl)cc3s2)no1. The summed E-state index contributed by atoms with van der Waals surface area (Å²) in [7, 11) is 0. The standard InChI is InChI=1S/C13H10ClN3O2S/c1-6-3-8(14)5-10-11(6)15-13(20-10)16-12(18)9-4-7(2)19-17-9/h3-5H,1-2H3,(H,15,16,18). The number of nitrogens with zero attached hydrogens (tertiary/aromatic N) is 2. The maximum absolute atomic E-state index is 12.0. The molecule has 102 valence electrons. The Morgan fingerprint density at radius 1 is 1.35 bits per heavy atom. The monoisotopic (exact) mass is 307 g/mol. The minimum atomic E-state index is -0.343. The normalized spacial score (nSPS) is 10.9. The predicted molar refractivity (Wildman–Crippen MR) is 78.6 cm³/mol. The molecule has 0 bridgehead atoms. The zero-order chi connectivity index (χ0) is 14.3. The summed E-state index contributed by atoms with van der Waals surface area (Å²) in [6.45, 7) is 3.66. The molecule has 7 heteroatoms. The Morgan fingerprint density at radius 2 is 2.15 bits per heavy atom. The molecule has 0 fully saturated rings. The Hall–Kier alpha value is -1.92. The second-order valence-corrected chi connectivity index (χ2v) is 5.83. The van der Waals surface area contributed by atoms with Crippen molar-refractivity contribution in [1.82, 2.24) is 10.1 Å². The predicted octanol–water partition coefficient (Wildman–Crippen LogP) is 3.81. The van der Waals surface area contributed by atoms with Crippen molar-refractivity contribution in [2.75, 3.05) is 5.32 Å². The maximum atomic E-state index is 12.0. The molecule has 2 heterocycles. The van der Waals surface area contributed by atoms with Gasteiger partial charge in [-0.05, 0) is 31.5 Å². The molecule has 0 atom stereocenters. The molecule has 1 aromatic carbocycles. The van der Waals surface area contributed by atoms with Crippen LogP contribution in [0.5, 0.6) is 0 Å². The van der Waals surface area contributed by atoms with Crippen LogP contribution in [0.15, 0.2) is 22.7 Å². The van der Waals surface area contributed by atoms with Crippen molar-refractivity contribution in [3.05, 3.63) is 40.2 Å². The summed E-state index contributed by atoms with van der Waals surface area (Å²) in [4.78, 5) is 16.4. The number of rotatable bonds is 2. The van der Waals surface area contributed by atoms with Crippen LogP contribution in [-0.2, 0) is 0 Å². The van der Waals surface area contributed by atoms with E-state index < -0.39 is 0 Å². The molecule has 0 aliphatic heterocycles. The van der Waals surface area contributed by atoms with Gasteiger partial charge in [-0.15, -0.1) is 0 Å². The van der Waals surface area contributed by atoms with Crippen LogP contribution in [0.1, 0.15) is 21.8 Å². The first kappa shape index (κ1) is 13.1. The second kappa shape index (κ2) is 4.88. The molecule has 20 heavy (non-hydrogen) atoms. The van der Waals surface area contributed by atoms with E-state index in [-0.39, 0.29) is 11.6 Å². The van der Waals surface area contributed by atoms with Crippen LogP contribution in [0.4, 0.5) is 5.13 Å². The average Bonchev–Trinajstić information content (AvgIpc) is 2.95. The number of halogens is 1. The number of carbonyl (C=O) groups is 1. The molecule has 5 nitrogen and oxygen atoms in total. The van der Waals surface area contributed by atoms with Crippen molar-refractivity contribution in [3.8, 4) is 0 Å². The smallest absolute Gasteiger partial charge is 0.279 e. The third-order valence-electron chi connectivity index (χ3n) is 2.73. The van der Waals surface area contributed by atoms with Gasteiger partial charge in [0.15, 0.2) is 10.8 Å². The first-order valence-electron chi connectivity index (χ1n) is 5.84. The lowest BCUT2D eigenvalue weighted by Gasteiger charge is -1.95. The van der Waals surface area contributed by atoms with E-state index in [1.807, 2.05) is 19.1 Å². The number of aryl methyl sites for hydroxylation is 2. The van der Waals surface area contributed by atoms with Gasteiger partial charge in [0, 0.05) is 11.1 Å². The highest BCUT2D eigenvalue weighted by molar-refractivity contribution is 7.22. The fourth-order valence-electron chi connectivity index (χ4n) is 1.84. The number of nitrogens with one attached hydrogen (secondary N) is 1. The lowest BCUT2D eigenvalue weighted by atomic mass is 10.2. The van der Waals surface area contributed by atoms with Gasteiger partial charge < -0.3 is 4.52 Å². The van der Waals surface area contributed by atoms with Crippen molar-refractivity contribution in [1.29, 1.82) is 0 Å². The number of anilines is 1. The molecule has 0 saturated carbocycles. The van der Waals surface area contributed by atoms with Gasteiger partial charge in [0.2, 0.25) is 0 Å². The lowest BCUT2D eigenvalue weighted by molar-refractivity contribution is 0.101. The van der Waals surface area contributed by atoms with Gasteiger partial charge >= 0.3 is 0 Å². The Morgan fingerprint density at radius 3 is 2.85 bits per heavy atom. The molecule has 1 amide bonds. The van der Waals surface area contributed by atoms with Gasteiger partial charge in [-0.2, -0.15) is 0 Å². The summed E-state index contributed by atoms with van der Waals surface area (Å²) >= 11 is 7.38. The number of amides is 1. The van der Waals surface area contributed by atoms with E-state index in [9.17, 15) is 4.79 Å². The van der Waals surface area contributed by atoms with Gasteiger partial charge in [-0.1, -0.05) is 28.1 Å². The van der Waals surface area contributed by atoms with E-state index >= 15 is 0 Å². The van der Waals surface area contributed by atoms with Gasteiger partial charge in [-0.3, -0.25) is 10.1 Å². The number of hydrogen-bond acceptors (Lipinski definition) is 5. The minimum Gasteiger partial charge on any atom is -0.361 e. The molecule has 0 unspecified atom stereocenters. The zero-order valence-electron chi connectivity index (χ0n) is 10.7. The van der Waals surface area contributed by atoms with Crippen LogP contribution >= 0.6 is 22.9 Å². The fourth-order valence-corrected chi connectivity index (χ4v) is 3.16. The van der Waals surface area contributed by atoms with Crippen LogP contribution in [0.25, 0.3) is 10.2 Å². The van der Waals surface area contributed by atoms with Crippen molar-refractivity contribution in [3.63, 3.8) is 0 Å². The van der Waals surface area contributed by atoms with E-state index in [1.54, 1.807) is 13.0 Å². The molecular formula is C13H10ClN3O2S. The highest BCUT2D eigenvalue weighted by Gasteiger charge is 2.14. The molecule has 0 radical (unpaired) electrons. The molecule has 1 N–H and O–H groups in total. The Labute approximate surface area is 123 Å². The van der Waals surface area contributed by atoms with Crippen molar-refractivity contribution >= 4 is 44.2 Å². The zero-order valence-corrected chi connectivity index (χ0v) is 12.3. The molecule has 0 aliphatic rings. The molecular weight excluding hydrogens is 298 g/mol. The van der Waals surface area contributed by atoms with Crippen molar-refractivity contribution in [2.24, 2.45) is 0 Å². The highest BCUT2D eigenvalue weighted by atomic mass is 35.5. The molecule has 3 rings (SSSR count).